The number of amides is 1. The summed E-state index contributed by atoms with van der Waals surface area (Å²) in [4.78, 5) is 22.7. The van der Waals surface area contributed by atoms with Crippen LogP contribution in [0.4, 0.5) is 27.6 Å². The maximum absolute atomic E-state index is 13.8. The molecule has 4 rings (SSSR count). The average molecular weight is 575 g/mol. The molecule has 3 aromatic carbocycles. The Hall–Kier alpha value is -5.34. The second-order valence-electron chi connectivity index (χ2n) is 8.31. The number of carbonyl (C=O) groups is 1. The maximum atomic E-state index is 13.8. The minimum absolute atomic E-state index is 0.151. The molecule has 0 radical (unpaired) electrons. The zero-order valence-electron chi connectivity index (χ0n) is 20.9. The molecule has 0 atom stereocenters. The summed E-state index contributed by atoms with van der Waals surface area (Å²) in [6, 6.07) is 10.4. The molecule has 0 unspecified atom stereocenters. The lowest BCUT2D eigenvalue weighted by Crippen LogP contribution is -2.17. The molecule has 15 heteroatoms. The molecule has 4 aromatic rings. The average Bonchev–Trinajstić information content (AvgIpc) is 3.44. The van der Waals surface area contributed by atoms with Crippen LogP contribution in [0.25, 0.3) is 0 Å². The summed E-state index contributed by atoms with van der Waals surface area (Å²) in [5.74, 6) is -12.2. The van der Waals surface area contributed by atoms with Gasteiger partial charge in [0.15, 0.2) is 5.75 Å². The number of methoxy groups -OCH3 is 1. The molecule has 41 heavy (non-hydrogen) atoms. The number of nitrogens with zero attached hydrogens (tertiary/aromatic N) is 4. The number of hydrogen-bond donors (Lipinski definition) is 1. The highest BCUT2D eigenvalue weighted by molar-refractivity contribution is 5.94. The van der Waals surface area contributed by atoms with Crippen LogP contribution in [0.2, 0.25) is 0 Å². The molecule has 10 nitrogen and oxygen atoms in total. The van der Waals surface area contributed by atoms with Crippen LogP contribution in [-0.4, -0.2) is 33.9 Å². The molecule has 1 amide bonds. The second kappa shape index (κ2) is 12.2. The largest absolute Gasteiger partial charge is 0.496 e. The molecule has 0 aliphatic carbocycles. The number of benzene rings is 3. The predicted octanol–water partition coefficient (Wildman–Crippen LogP) is 4.89. The molecule has 0 fully saturated rings. The highest BCUT2D eigenvalue weighted by Crippen LogP contribution is 2.29. The Labute approximate surface area is 227 Å². The zero-order chi connectivity index (χ0) is 29.7. The third-order valence-electron chi connectivity index (χ3n) is 5.62. The van der Waals surface area contributed by atoms with Crippen molar-refractivity contribution in [3.05, 3.63) is 116 Å². The van der Waals surface area contributed by atoms with Gasteiger partial charge in [0.1, 0.15) is 24.8 Å². The first-order valence-corrected chi connectivity index (χ1v) is 11.5. The van der Waals surface area contributed by atoms with Crippen LogP contribution in [0, 0.1) is 39.2 Å². The lowest BCUT2D eigenvalue weighted by molar-refractivity contribution is -0.385. The SMILES string of the molecule is COc1ccc(/C=N\NC(=O)c2ccc(COc3c(F)c(F)c(F)c(F)c3F)cc2)cc1Cn1cc([N+](=O)[O-])cn1. The Kier molecular flexibility index (Phi) is 8.55. The van der Waals surface area contributed by atoms with Crippen LogP contribution in [0.5, 0.6) is 11.5 Å². The first-order chi connectivity index (χ1) is 19.6. The van der Waals surface area contributed by atoms with Crippen molar-refractivity contribution in [3.8, 4) is 11.5 Å². The fraction of sp³-hybridized carbons (Fsp3) is 0.115. The Balaban J connectivity index is 1.37. The topological polar surface area (TPSA) is 121 Å². The second-order valence-corrected chi connectivity index (χ2v) is 8.31. The fourth-order valence-electron chi connectivity index (χ4n) is 3.56. The summed E-state index contributed by atoms with van der Waals surface area (Å²) in [6.07, 6.45) is 3.76. The highest BCUT2D eigenvalue weighted by atomic mass is 19.2. The highest BCUT2D eigenvalue weighted by Gasteiger charge is 2.27. The summed E-state index contributed by atoms with van der Waals surface area (Å²) >= 11 is 0. The van der Waals surface area contributed by atoms with Crippen molar-refractivity contribution < 1.29 is 41.1 Å². The monoisotopic (exact) mass is 575 g/mol. The van der Waals surface area contributed by atoms with E-state index in [2.05, 4.69) is 15.6 Å². The quantitative estimate of drug-likeness (QED) is 0.0718. The van der Waals surface area contributed by atoms with Gasteiger partial charge in [0, 0.05) is 11.1 Å². The molecule has 0 aliphatic heterocycles. The third kappa shape index (κ3) is 6.46. The minimum atomic E-state index is -2.29. The van der Waals surface area contributed by atoms with E-state index in [9.17, 15) is 36.9 Å². The summed E-state index contributed by atoms with van der Waals surface area (Å²) in [7, 11) is 1.47. The number of hydrazone groups is 1. The molecule has 0 bridgehead atoms. The molecule has 1 aromatic heterocycles. The molecule has 212 valence electrons. The number of rotatable bonds is 10. The van der Waals surface area contributed by atoms with Gasteiger partial charge in [0.2, 0.25) is 29.1 Å². The number of ether oxygens (including phenoxy) is 2. The van der Waals surface area contributed by atoms with Gasteiger partial charge in [0.25, 0.3) is 5.91 Å². The van der Waals surface area contributed by atoms with Gasteiger partial charge in [-0.25, -0.2) is 18.6 Å². The van der Waals surface area contributed by atoms with Gasteiger partial charge < -0.3 is 9.47 Å². The van der Waals surface area contributed by atoms with Crippen molar-refractivity contribution in [2.24, 2.45) is 5.10 Å². The van der Waals surface area contributed by atoms with Gasteiger partial charge in [-0.2, -0.15) is 19.0 Å². The normalized spacial score (nSPS) is 11.1. The molecule has 0 spiro atoms. The van der Waals surface area contributed by atoms with Crippen molar-refractivity contribution in [1.82, 2.24) is 15.2 Å². The Bertz CT molecular complexity index is 1610. The van der Waals surface area contributed by atoms with Crippen LogP contribution in [0.1, 0.15) is 27.0 Å². The van der Waals surface area contributed by atoms with E-state index in [1.54, 1.807) is 18.2 Å². The Morgan fingerprint density at radius 3 is 2.32 bits per heavy atom. The molecule has 0 saturated carbocycles. The van der Waals surface area contributed by atoms with Crippen LogP contribution in [-0.2, 0) is 13.2 Å². The first kappa shape index (κ1) is 28.7. The molecule has 0 aliphatic rings. The lowest BCUT2D eigenvalue weighted by Gasteiger charge is -2.10. The fourth-order valence-corrected chi connectivity index (χ4v) is 3.56. The summed E-state index contributed by atoms with van der Waals surface area (Å²) in [6.45, 7) is -0.366. The van der Waals surface area contributed by atoms with Gasteiger partial charge >= 0.3 is 5.69 Å². The van der Waals surface area contributed by atoms with Gasteiger partial charge in [-0.05, 0) is 41.5 Å². The lowest BCUT2D eigenvalue weighted by atomic mass is 10.1. The summed E-state index contributed by atoms with van der Waals surface area (Å²) in [5.41, 5.74) is 3.81. The van der Waals surface area contributed by atoms with E-state index in [0.29, 0.717) is 16.9 Å². The molecular formula is C26H18F5N5O5. The number of hydrogen-bond acceptors (Lipinski definition) is 7. The van der Waals surface area contributed by atoms with Crippen LogP contribution in [0.15, 0.2) is 60.0 Å². The molecule has 1 N–H and O–H groups in total. The standard InChI is InChI=1S/C26H18F5N5O5/c1-40-19-7-4-15(8-17(19)11-35-12-18(10-33-35)36(38)39)9-32-34-26(37)16-5-2-14(3-6-16)13-41-25-23(30)21(28)20(27)22(29)24(25)31/h2-10,12H,11,13H2,1H3,(H,34,37)/b32-9-. The van der Waals surface area contributed by atoms with Gasteiger partial charge in [-0.15, -0.1) is 0 Å². The summed E-state index contributed by atoms with van der Waals surface area (Å²) in [5, 5.41) is 18.7. The Morgan fingerprint density at radius 1 is 1.05 bits per heavy atom. The minimum Gasteiger partial charge on any atom is -0.496 e. The van der Waals surface area contributed by atoms with E-state index in [1.165, 1.54) is 48.5 Å². The number of carbonyl (C=O) groups excluding carboxylic acids is 1. The van der Waals surface area contributed by atoms with E-state index in [4.69, 9.17) is 9.47 Å². The van der Waals surface area contributed by atoms with E-state index < -0.39 is 52.3 Å². The number of halogens is 5. The smallest absolute Gasteiger partial charge is 0.307 e. The van der Waals surface area contributed by atoms with Crippen LogP contribution in [0.3, 0.4) is 0 Å². The summed E-state index contributed by atoms with van der Waals surface area (Å²) < 4.78 is 78.8. The van der Waals surface area contributed by atoms with Crippen molar-refractivity contribution in [2.45, 2.75) is 13.2 Å². The van der Waals surface area contributed by atoms with Crippen LogP contribution >= 0.6 is 0 Å². The van der Waals surface area contributed by atoms with Crippen molar-refractivity contribution >= 4 is 17.8 Å². The van der Waals surface area contributed by atoms with Crippen molar-refractivity contribution in [1.29, 1.82) is 0 Å². The zero-order valence-corrected chi connectivity index (χ0v) is 20.9. The molecular weight excluding hydrogens is 557 g/mol. The number of nitro groups is 1. The number of aromatic nitrogens is 2. The van der Waals surface area contributed by atoms with Gasteiger partial charge in [-0.3, -0.25) is 19.6 Å². The number of nitrogens with one attached hydrogen (secondary N) is 1. The molecule has 0 saturated heterocycles. The third-order valence-corrected chi connectivity index (χ3v) is 5.62. The van der Waals surface area contributed by atoms with E-state index in [-0.39, 0.29) is 23.4 Å². The molecule has 1 heterocycles. The van der Waals surface area contributed by atoms with Gasteiger partial charge in [-0.1, -0.05) is 12.1 Å². The van der Waals surface area contributed by atoms with Crippen molar-refractivity contribution in [2.75, 3.05) is 7.11 Å². The van der Waals surface area contributed by atoms with E-state index >= 15 is 0 Å². The van der Waals surface area contributed by atoms with E-state index in [1.807, 2.05) is 0 Å². The van der Waals surface area contributed by atoms with E-state index in [0.717, 1.165) is 6.20 Å². The maximum Gasteiger partial charge on any atom is 0.307 e. The first-order valence-electron chi connectivity index (χ1n) is 11.5. The Morgan fingerprint density at radius 2 is 1.71 bits per heavy atom. The van der Waals surface area contributed by atoms with Crippen LogP contribution < -0.4 is 14.9 Å². The van der Waals surface area contributed by atoms with Crippen molar-refractivity contribution in [3.63, 3.8) is 0 Å². The predicted molar refractivity (Wildman–Crippen MR) is 133 cm³/mol. The van der Waals surface area contributed by atoms with Gasteiger partial charge in [0.05, 0.1) is 24.8 Å².